The predicted molar refractivity (Wildman–Crippen MR) is 117 cm³/mol. The molecule has 2 aromatic carbocycles. The molecule has 0 fully saturated rings. The first-order valence-corrected chi connectivity index (χ1v) is 9.55. The van der Waals surface area contributed by atoms with Gasteiger partial charge in [0.25, 0.3) is 5.56 Å². The molecule has 2 aromatic heterocycles. The molecule has 6 nitrogen and oxygen atoms in total. The minimum Gasteiger partial charge on any atom is -0.423 e. The van der Waals surface area contributed by atoms with E-state index in [2.05, 4.69) is 5.32 Å². The number of anilines is 2. The van der Waals surface area contributed by atoms with Crippen LogP contribution < -0.4 is 16.6 Å². The second kappa shape index (κ2) is 7.13. The second-order valence-corrected chi connectivity index (χ2v) is 7.58. The van der Waals surface area contributed by atoms with Crippen LogP contribution in [0.5, 0.6) is 0 Å². The number of rotatable bonds is 3. The summed E-state index contributed by atoms with van der Waals surface area (Å²) >= 11 is 12.3. The van der Waals surface area contributed by atoms with Crippen LogP contribution >= 0.6 is 23.2 Å². The summed E-state index contributed by atoms with van der Waals surface area (Å²) in [4.78, 5) is 25.4. The molecule has 0 atom stereocenters. The average molecular weight is 430 g/mol. The highest BCUT2D eigenvalue weighted by molar-refractivity contribution is 6.42. The Morgan fingerprint density at radius 3 is 2.38 bits per heavy atom. The summed E-state index contributed by atoms with van der Waals surface area (Å²) < 4.78 is 8.35. The molecule has 0 saturated heterocycles. The predicted octanol–water partition coefficient (Wildman–Crippen LogP) is 4.86. The van der Waals surface area contributed by atoms with Crippen molar-refractivity contribution >= 4 is 45.9 Å². The topological polar surface area (TPSA) is 69.2 Å². The number of halogens is 2. The monoisotopic (exact) mass is 429 g/mol. The maximum Gasteiger partial charge on any atom is 0.333 e. The summed E-state index contributed by atoms with van der Waals surface area (Å²) in [6.45, 7) is 1.96. The summed E-state index contributed by atoms with van der Waals surface area (Å²) in [6, 6.07) is 12.8. The van der Waals surface area contributed by atoms with Gasteiger partial charge in [0, 0.05) is 19.8 Å². The zero-order valence-electron chi connectivity index (χ0n) is 15.9. The number of nitrogens with zero attached hydrogens (tertiary/aromatic N) is 2. The van der Waals surface area contributed by atoms with Crippen molar-refractivity contribution in [2.24, 2.45) is 14.1 Å². The molecule has 4 rings (SSSR count). The van der Waals surface area contributed by atoms with Gasteiger partial charge in [-0.2, -0.15) is 0 Å². The number of benzene rings is 2. The molecular formula is C21H17Cl2N3O3. The Morgan fingerprint density at radius 2 is 1.69 bits per heavy atom. The van der Waals surface area contributed by atoms with Gasteiger partial charge in [-0.3, -0.25) is 13.9 Å². The van der Waals surface area contributed by atoms with Gasteiger partial charge < -0.3 is 9.73 Å². The molecule has 0 aliphatic carbocycles. The van der Waals surface area contributed by atoms with Crippen LogP contribution in [0.1, 0.15) is 5.56 Å². The number of para-hydroxylation sites is 1. The molecule has 2 heterocycles. The van der Waals surface area contributed by atoms with Crippen LogP contribution in [-0.4, -0.2) is 9.13 Å². The van der Waals surface area contributed by atoms with Crippen molar-refractivity contribution in [1.29, 1.82) is 0 Å². The lowest BCUT2D eigenvalue weighted by molar-refractivity contribution is 0.577. The first kappa shape index (κ1) is 19.4. The quantitative estimate of drug-likeness (QED) is 0.504. The zero-order valence-corrected chi connectivity index (χ0v) is 17.4. The molecule has 0 amide bonds. The number of hydrogen-bond acceptors (Lipinski definition) is 4. The third kappa shape index (κ3) is 3.14. The highest BCUT2D eigenvalue weighted by Crippen LogP contribution is 2.40. The highest BCUT2D eigenvalue weighted by Gasteiger charge is 2.24. The van der Waals surface area contributed by atoms with Crippen LogP contribution in [0.25, 0.3) is 22.2 Å². The van der Waals surface area contributed by atoms with E-state index < -0.39 is 11.2 Å². The Morgan fingerprint density at radius 1 is 0.966 bits per heavy atom. The van der Waals surface area contributed by atoms with Crippen molar-refractivity contribution < 1.29 is 4.42 Å². The molecular weight excluding hydrogens is 413 g/mol. The largest absolute Gasteiger partial charge is 0.423 e. The SMILES string of the molecule is Cc1ccccc1Nc1oc2c(c1-c1ccc(Cl)c(Cl)c1)c(=O)n(C)c(=O)n2C. The van der Waals surface area contributed by atoms with E-state index in [9.17, 15) is 9.59 Å². The van der Waals surface area contributed by atoms with E-state index in [1.807, 2.05) is 31.2 Å². The van der Waals surface area contributed by atoms with Crippen molar-refractivity contribution in [2.45, 2.75) is 6.92 Å². The normalized spacial score (nSPS) is 11.2. The molecule has 0 unspecified atom stereocenters. The minimum absolute atomic E-state index is 0.176. The van der Waals surface area contributed by atoms with E-state index in [1.54, 1.807) is 25.2 Å². The smallest absolute Gasteiger partial charge is 0.333 e. The van der Waals surface area contributed by atoms with Crippen LogP contribution in [0.3, 0.4) is 0 Å². The zero-order chi connectivity index (χ0) is 20.9. The number of aromatic nitrogens is 2. The van der Waals surface area contributed by atoms with Gasteiger partial charge in [0.1, 0.15) is 5.39 Å². The number of fused-ring (bicyclic) bond motifs is 1. The molecule has 0 bridgehead atoms. The molecule has 8 heteroatoms. The fourth-order valence-electron chi connectivity index (χ4n) is 3.27. The van der Waals surface area contributed by atoms with Crippen molar-refractivity contribution in [1.82, 2.24) is 9.13 Å². The Balaban J connectivity index is 2.09. The molecule has 0 spiro atoms. The molecule has 0 aliphatic heterocycles. The van der Waals surface area contributed by atoms with Gasteiger partial charge >= 0.3 is 5.69 Å². The van der Waals surface area contributed by atoms with E-state index in [1.165, 1.54) is 11.6 Å². The van der Waals surface area contributed by atoms with Gasteiger partial charge in [-0.05, 0) is 36.2 Å². The van der Waals surface area contributed by atoms with Gasteiger partial charge in [0.05, 0.1) is 15.6 Å². The maximum atomic E-state index is 13.0. The van der Waals surface area contributed by atoms with Crippen molar-refractivity contribution in [3.8, 4) is 11.1 Å². The van der Waals surface area contributed by atoms with E-state index in [4.69, 9.17) is 27.6 Å². The van der Waals surface area contributed by atoms with Crippen LogP contribution in [-0.2, 0) is 14.1 Å². The lowest BCUT2D eigenvalue weighted by Crippen LogP contribution is -2.36. The average Bonchev–Trinajstić information content (AvgIpc) is 3.08. The number of aryl methyl sites for hydroxylation is 2. The van der Waals surface area contributed by atoms with Gasteiger partial charge in [-0.25, -0.2) is 4.79 Å². The standard InChI is InChI=1S/C21H17Cl2N3O3/c1-11-6-4-5-7-15(11)24-18-16(12-8-9-13(22)14(23)10-12)17-19(27)25(2)21(28)26(3)20(17)29-18/h4-10,24H,1-3H3. The Hall–Kier alpha value is -2.96. The van der Waals surface area contributed by atoms with Crippen LogP contribution in [0.2, 0.25) is 10.0 Å². The number of furan rings is 1. The van der Waals surface area contributed by atoms with Crippen molar-refractivity contribution in [3.05, 3.63) is 78.9 Å². The minimum atomic E-state index is -0.473. The van der Waals surface area contributed by atoms with Crippen molar-refractivity contribution in [2.75, 3.05) is 5.32 Å². The van der Waals surface area contributed by atoms with E-state index >= 15 is 0 Å². The first-order valence-electron chi connectivity index (χ1n) is 8.80. The summed E-state index contributed by atoms with van der Waals surface area (Å²) in [5.41, 5.74) is 2.22. The fourth-order valence-corrected chi connectivity index (χ4v) is 3.57. The van der Waals surface area contributed by atoms with Crippen LogP contribution in [0, 0.1) is 6.92 Å². The lowest BCUT2D eigenvalue weighted by atomic mass is 10.0. The lowest BCUT2D eigenvalue weighted by Gasteiger charge is -2.09. The van der Waals surface area contributed by atoms with E-state index in [0.29, 0.717) is 27.1 Å². The summed E-state index contributed by atoms with van der Waals surface area (Å²) in [5, 5.41) is 4.28. The first-order chi connectivity index (χ1) is 13.8. The van der Waals surface area contributed by atoms with E-state index in [0.717, 1.165) is 15.8 Å². The van der Waals surface area contributed by atoms with Crippen LogP contribution in [0.4, 0.5) is 11.6 Å². The molecule has 148 valence electrons. The van der Waals surface area contributed by atoms with Gasteiger partial charge in [-0.1, -0.05) is 47.5 Å². The summed E-state index contributed by atoms with van der Waals surface area (Å²) in [5.74, 6) is 0.339. The second-order valence-electron chi connectivity index (χ2n) is 6.76. The summed E-state index contributed by atoms with van der Waals surface area (Å²) in [6.07, 6.45) is 0. The third-order valence-electron chi connectivity index (χ3n) is 4.89. The molecule has 0 aliphatic rings. The fraction of sp³-hybridized carbons (Fsp3) is 0.143. The third-order valence-corrected chi connectivity index (χ3v) is 5.63. The molecule has 0 saturated carbocycles. The van der Waals surface area contributed by atoms with Gasteiger partial charge in [0.2, 0.25) is 11.6 Å². The van der Waals surface area contributed by atoms with Crippen molar-refractivity contribution in [3.63, 3.8) is 0 Å². The van der Waals surface area contributed by atoms with Gasteiger partial charge in [-0.15, -0.1) is 0 Å². The number of hydrogen-bond donors (Lipinski definition) is 1. The highest BCUT2D eigenvalue weighted by atomic mass is 35.5. The molecule has 1 N–H and O–H groups in total. The van der Waals surface area contributed by atoms with Crippen LogP contribution in [0.15, 0.2) is 56.5 Å². The Labute approximate surface area is 175 Å². The Bertz CT molecular complexity index is 1380. The van der Waals surface area contributed by atoms with Gasteiger partial charge in [0.15, 0.2) is 0 Å². The maximum absolute atomic E-state index is 13.0. The Kier molecular flexibility index (Phi) is 4.76. The molecule has 0 radical (unpaired) electrons. The summed E-state index contributed by atoms with van der Waals surface area (Å²) in [7, 11) is 2.99. The van der Waals surface area contributed by atoms with E-state index in [-0.39, 0.29) is 11.1 Å². The number of nitrogens with one attached hydrogen (secondary N) is 1. The molecule has 4 aromatic rings. The molecule has 29 heavy (non-hydrogen) atoms.